The summed E-state index contributed by atoms with van der Waals surface area (Å²) in [5.74, 6) is 0.659. The van der Waals surface area contributed by atoms with E-state index in [2.05, 4.69) is 65.4 Å². The predicted octanol–water partition coefficient (Wildman–Crippen LogP) is 7.02. The highest BCUT2D eigenvalue weighted by atomic mass is 79.9. The number of halogens is 1. The van der Waals surface area contributed by atoms with Crippen molar-refractivity contribution in [2.24, 2.45) is 5.41 Å². The van der Waals surface area contributed by atoms with E-state index in [0.717, 1.165) is 39.8 Å². The fraction of sp³-hybridized carbons (Fsp3) is 0.296. The molecule has 0 fully saturated rings. The Bertz CT molecular complexity index is 1290. The van der Waals surface area contributed by atoms with Crippen LogP contribution in [0.1, 0.15) is 50.8 Å². The monoisotopic (exact) mass is 491 g/mol. The second kappa shape index (κ2) is 7.66. The Morgan fingerprint density at radius 2 is 1.94 bits per heavy atom. The van der Waals surface area contributed by atoms with Crippen molar-refractivity contribution < 1.29 is 14.6 Å². The first kappa shape index (κ1) is 21.1. The minimum atomic E-state index is -0.307. The van der Waals surface area contributed by atoms with Crippen molar-refractivity contribution in [1.29, 1.82) is 0 Å². The molecular weight excluding hydrogens is 466 g/mol. The van der Waals surface area contributed by atoms with Gasteiger partial charge in [-0.2, -0.15) is 0 Å². The van der Waals surface area contributed by atoms with Crippen LogP contribution >= 0.6 is 15.9 Å². The molecular formula is C27H26BrNO3. The molecule has 0 saturated carbocycles. The average molecular weight is 492 g/mol. The maximum absolute atomic E-state index is 13.5. The van der Waals surface area contributed by atoms with Gasteiger partial charge in [-0.05, 0) is 74.8 Å². The number of phenols is 1. The minimum Gasteiger partial charge on any atom is -0.503 e. The van der Waals surface area contributed by atoms with Crippen molar-refractivity contribution in [3.8, 4) is 11.5 Å². The molecule has 1 aliphatic carbocycles. The molecule has 4 nitrogen and oxygen atoms in total. The number of ether oxygens (including phenoxy) is 1. The van der Waals surface area contributed by atoms with Gasteiger partial charge in [0.15, 0.2) is 17.3 Å². The highest BCUT2D eigenvalue weighted by Crippen LogP contribution is 2.52. The Hall–Kier alpha value is -2.79. The number of carbonyl (C=O) groups excluding carboxylic acids is 1. The summed E-state index contributed by atoms with van der Waals surface area (Å²) in [4.78, 5) is 13.5. The minimum absolute atomic E-state index is 0.0723. The van der Waals surface area contributed by atoms with Gasteiger partial charge >= 0.3 is 0 Å². The lowest BCUT2D eigenvalue weighted by Gasteiger charge is -2.40. The van der Waals surface area contributed by atoms with Gasteiger partial charge in [-0.25, -0.2) is 0 Å². The van der Waals surface area contributed by atoms with Crippen LogP contribution in [0.4, 0.5) is 5.69 Å². The van der Waals surface area contributed by atoms with Gasteiger partial charge in [-0.15, -0.1) is 0 Å². The molecule has 2 aliphatic rings. The molecule has 3 aromatic carbocycles. The normalized spacial score (nSPS) is 19.4. The molecule has 0 spiro atoms. The zero-order chi connectivity index (χ0) is 22.6. The van der Waals surface area contributed by atoms with Crippen molar-refractivity contribution in [2.45, 2.75) is 39.7 Å². The summed E-state index contributed by atoms with van der Waals surface area (Å²) >= 11 is 3.46. The molecule has 164 valence electrons. The van der Waals surface area contributed by atoms with Crippen molar-refractivity contribution in [1.82, 2.24) is 0 Å². The van der Waals surface area contributed by atoms with E-state index in [4.69, 9.17) is 4.74 Å². The van der Waals surface area contributed by atoms with Gasteiger partial charge in [0.05, 0.1) is 17.1 Å². The standard InChI is InChI=1S/C27H26BrNO3/c1-4-32-22-12-16(11-19(28)26(22)31)25-24-18(13-27(2,3)14-21(24)30)23-17-8-6-5-7-15(17)9-10-20(23)29-25/h5-12,25,29,31H,4,13-14H2,1-3H3/t25-/m1/s1. The smallest absolute Gasteiger partial charge is 0.172 e. The van der Waals surface area contributed by atoms with Gasteiger partial charge in [0, 0.05) is 23.2 Å². The Morgan fingerprint density at radius 1 is 1.16 bits per heavy atom. The third-order valence-corrected chi connectivity index (χ3v) is 7.03. The van der Waals surface area contributed by atoms with Gasteiger partial charge in [-0.1, -0.05) is 44.2 Å². The van der Waals surface area contributed by atoms with Crippen LogP contribution in [-0.2, 0) is 4.79 Å². The van der Waals surface area contributed by atoms with Crippen molar-refractivity contribution in [2.75, 3.05) is 11.9 Å². The van der Waals surface area contributed by atoms with Crippen LogP contribution in [0.2, 0.25) is 0 Å². The van der Waals surface area contributed by atoms with E-state index in [1.54, 1.807) is 0 Å². The molecule has 0 radical (unpaired) electrons. The number of Topliss-reactive ketones (excluding diaryl/α,β-unsaturated/α-hetero) is 1. The highest BCUT2D eigenvalue weighted by Gasteiger charge is 2.41. The number of fused-ring (bicyclic) bond motifs is 4. The number of phenolic OH excluding ortho intramolecular Hbond substituents is 1. The predicted molar refractivity (Wildman–Crippen MR) is 132 cm³/mol. The number of anilines is 1. The molecule has 0 amide bonds. The number of hydrogen-bond acceptors (Lipinski definition) is 4. The fourth-order valence-corrected chi connectivity index (χ4v) is 5.57. The summed E-state index contributed by atoms with van der Waals surface area (Å²) < 4.78 is 6.21. The van der Waals surface area contributed by atoms with Crippen molar-refractivity contribution in [3.05, 3.63) is 69.7 Å². The maximum atomic E-state index is 13.5. The second-order valence-corrected chi connectivity index (χ2v) is 10.3. The zero-order valence-corrected chi connectivity index (χ0v) is 20.0. The molecule has 3 aromatic rings. The Balaban J connectivity index is 1.77. The SMILES string of the molecule is CCOc1cc([C@H]2Nc3ccc4ccccc4c3C3=C2C(=O)CC(C)(C)C3)cc(Br)c1O. The maximum Gasteiger partial charge on any atom is 0.172 e. The molecule has 32 heavy (non-hydrogen) atoms. The van der Waals surface area contributed by atoms with Crippen LogP contribution in [0.3, 0.4) is 0 Å². The number of aromatic hydroxyl groups is 1. The van der Waals surface area contributed by atoms with Gasteiger partial charge in [-0.3, -0.25) is 4.79 Å². The average Bonchev–Trinajstić information content (AvgIpc) is 2.75. The zero-order valence-electron chi connectivity index (χ0n) is 18.5. The number of allylic oxidation sites excluding steroid dienone is 1. The Morgan fingerprint density at radius 3 is 2.72 bits per heavy atom. The van der Waals surface area contributed by atoms with Crippen LogP contribution < -0.4 is 10.1 Å². The number of hydrogen-bond donors (Lipinski definition) is 2. The van der Waals surface area contributed by atoms with Gasteiger partial charge < -0.3 is 15.2 Å². The van der Waals surface area contributed by atoms with E-state index in [1.807, 2.05) is 25.1 Å². The van der Waals surface area contributed by atoms with Crippen molar-refractivity contribution >= 4 is 43.7 Å². The summed E-state index contributed by atoms with van der Waals surface area (Å²) in [5.41, 5.74) is 4.91. The lowest BCUT2D eigenvalue weighted by molar-refractivity contribution is -0.118. The van der Waals surface area contributed by atoms with Crippen LogP contribution in [0.15, 0.2) is 58.6 Å². The molecule has 0 bridgehead atoms. The first-order valence-corrected chi connectivity index (χ1v) is 11.8. The molecule has 1 heterocycles. The van der Waals surface area contributed by atoms with E-state index >= 15 is 0 Å². The lowest BCUT2D eigenvalue weighted by atomic mass is 9.68. The van der Waals surface area contributed by atoms with E-state index in [1.165, 1.54) is 5.39 Å². The number of rotatable bonds is 3. The molecule has 0 saturated heterocycles. The third kappa shape index (κ3) is 3.39. The molecule has 5 heteroatoms. The molecule has 0 aromatic heterocycles. The topological polar surface area (TPSA) is 58.6 Å². The third-order valence-electron chi connectivity index (χ3n) is 6.42. The van der Waals surface area contributed by atoms with Gasteiger partial charge in [0.25, 0.3) is 0 Å². The second-order valence-electron chi connectivity index (χ2n) is 9.40. The summed E-state index contributed by atoms with van der Waals surface area (Å²) in [6, 6.07) is 16.0. The molecule has 5 rings (SSSR count). The van der Waals surface area contributed by atoms with Crippen LogP contribution in [0.5, 0.6) is 11.5 Å². The van der Waals surface area contributed by atoms with E-state index < -0.39 is 0 Å². The first-order valence-electron chi connectivity index (χ1n) is 11.0. The molecule has 0 unspecified atom stereocenters. The van der Waals surface area contributed by atoms with E-state index in [-0.39, 0.29) is 23.0 Å². The largest absolute Gasteiger partial charge is 0.503 e. The van der Waals surface area contributed by atoms with Gasteiger partial charge in [0.2, 0.25) is 0 Å². The highest BCUT2D eigenvalue weighted by molar-refractivity contribution is 9.10. The Kier molecular flexibility index (Phi) is 5.05. The van der Waals surface area contributed by atoms with Crippen molar-refractivity contribution in [3.63, 3.8) is 0 Å². The number of benzene rings is 3. The van der Waals surface area contributed by atoms with Crippen LogP contribution in [0.25, 0.3) is 16.3 Å². The Labute approximate surface area is 196 Å². The molecule has 1 atom stereocenters. The van der Waals surface area contributed by atoms with Crippen LogP contribution in [0, 0.1) is 5.41 Å². The number of carbonyl (C=O) groups is 1. The van der Waals surface area contributed by atoms with Gasteiger partial charge in [0.1, 0.15) is 0 Å². The molecule has 1 aliphatic heterocycles. The number of ketones is 1. The first-order chi connectivity index (χ1) is 15.3. The van der Waals surface area contributed by atoms with E-state index in [0.29, 0.717) is 23.2 Å². The van der Waals surface area contributed by atoms with Crippen LogP contribution in [-0.4, -0.2) is 17.5 Å². The fourth-order valence-electron chi connectivity index (χ4n) is 5.11. The summed E-state index contributed by atoms with van der Waals surface area (Å²) in [6.45, 7) is 6.66. The summed E-state index contributed by atoms with van der Waals surface area (Å²) in [7, 11) is 0. The summed E-state index contributed by atoms with van der Waals surface area (Å²) in [5, 5.41) is 16.4. The number of nitrogens with one attached hydrogen (secondary N) is 1. The summed E-state index contributed by atoms with van der Waals surface area (Å²) in [6.07, 6.45) is 1.35. The lowest BCUT2D eigenvalue weighted by Crippen LogP contribution is -2.33. The van der Waals surface area contributed by atoms with E-state index in [9.17, 15) is 9.90 Å². The molecule has 2 N–H and O–H groups in total. The quantitative estimate of drug-likeness (QED) is 0.413.